The summed E-state index contributed by atoms with van der Waals surface area (Å²) in [6.45, 7) is 1.23. The standard InChI is InChI=1S/C22H19N3O7/c1-13-17(21(27)24(8-3-9-26)22(28)18(13)12-23)10-15-5-7-20(32-15)16-6-4-14(31-2)11-19(16)25(29)30/h4-7,10-11,26H,3,8-9H2,1-2H3/b17-10+. The van der Waals surface area contributed by atoms with Gasteiger partial charge in [0.25, 0.3) is 17.5 Å². The van der Waals surface area contributed by atoms with Crippen LogP contribution in [0.15, 0.2) is 51.5 Å². The van der Waals surface area contributed by atoms with E-state index in [4.69, 9.17) is 14.3 Å². The highest BCUT2D eigenvalue weighted by Gasteiger charge is 2.35. The molecule has 1 aliphatic heterocycles. The number of furan rings is 1. The molecule has 2 amide bonds. The number of nitrogens with zero attached hydrogens (tertiary/aromatic N) is 3. The number of amides is 2. The van der Waals surface area contributed by atoms with Crippen molar-refractivity contribution in [1.29, 1.82) is 5.26 Å². The molecule has 0 aliphatic carbocycles. The van der Waals surface area contributed by atoms with Gasteiger partial charge < -0.3 is 14.3 Å². The Bertz CT molecular complexity index is 1200. The largest absolute Gasteiger partial charge is 0.497 e. The Morgan fingerprint density at radius 3 is 2.66 bits per heavy atom. The van der Waals surface area contributed by atoms with Crippen molar-refractivity contribution in [3.63, 3.8) is 0 Å². The Hall–Kier alpha value is -4.23. The van der Waals surface area contributed by atoms with Crippen LogP contribution in [0.1, 0.15) is 19.1 Å². The first-order valence-corrected chi connectivity index (χ1v) is 9.55. The number of benzene rings is 1. The monoisotopic (exact) mass is 437 g/mol. The van der Waals surface area contributed by atoms with Gasteiger partial charge >= 0.3 is 0 Å². The minimum absolute atomic E-state index is 0.0363. The van der Waals surface area contributed by atoms with Crippen molar-refractivity contribution in [2.24, 2.45) is 0 Å². The zero-order valence-electron chi connectivity index (χ0n) is 17.3. The summed E-state index contributed by atoms with van der Waals surface area (Å²) in [6.07, 6.45) is 1.56. The molecule has 0 saturated heterocycles. The number of methoxy groups -OCH3 is 1. The maximum Gasteiger partial charge on any atom is 0.284 e. The summed E-state index contributed by atoms with van der Waals surface area (Å²) >= 11 is 0. The molecule has 1 aliphatic rings. The molecule has 0 spiro atoms. The van der Waals surface area contributed by atoms with Gasteiger partial charge in [-0.25, -0.2) is 0 Å². The van der Waals surface area contributed by atoms with Crippen LogP contribution in [0.5, 0.6) is 5.75 Å². The number of aliphatic hydroxyl groups excluding tert-OH is 1. The lowest BCUT2D eigenvalue weighted by Gasteiger charge is -2.27. The number of hydrogen-bond donors (Lipinski definition) is 1. The topological polar surface area (TPSA) is 147 Å². The van der Waals surface area contributed by atoms with Crippen LogP contribution in [-0.2, 0) is 9.59 Å². The molecule has 0 fully saturated rings. The Morgan fingerprint density at radius 2 is 2.03 bits per heavy atom. The number of hydrogen-bond acceptors (Lipinski definition) is 8. The fourth-order valence-corrected chi connectivity index (χ4v) is 3.28. The van der Waals surface area contributed by atoms with E-state index in [0.29, 0.717) is 5.75 Å². The number of nitriles is 1. The van der Waals surface area contributed by atoms with Crippen molar-refractivity contribution in [3.05, 3.63) is 62.9 Å². The van der Waals surface area contributed by atoms with Crippen LogP contribution in [0.25, 0.3) is 17.4 Å². The summed E-state index contributed by atoms with van der Waals surface area (Å²) in [7, 11) is 1.40. The second-order valence-corrected chi connectivity index (χ2v) is 6.85. The molecule has 1 aromatic carbocycles. The smallest absolute Gasteiger partial charge is 0.284 e. The van der Waals surface area contributed by atoms with Gasteiger partial charge in [-0.15, -0.1) is 0 Å². The van der Waals surface area contributed by atoms with Gasteiger partial charge in [-0.1, -0.05) is 0 Å². The van der Waals surface area contributed by atoms with E-state index in [-0.39, 0.29) is 59.1 Å². The lowest BCUT2D eigenvalue weighted by atomic mass is 9.94. The number of nitro groups is 1. The van der Waals surface area contributed by atoms with Crippen molar-refractivity contribution in [2.45, 2.75) is 13.3 Å². The molecule has 0 atom stereocenters. The quantitative estimate of drug-likeness (QED) is 0.301. The maximum absolute atomic E-state index is 12.9. The molecule has 0 saturated carbocycles. The molecular weight excluding hydrogens is 418 g/mol. The number of imide groups is 1. The lowest BCUT2D eigenvalue weighted by Crippen LogP contribution is -2.43. The molecule has 0 radical (unpaired) electrons. The highest BCUT2D eigenvalue weighted by Crippen LogP contribution is 2.35. The summed E-state index contributed by atoms with van der Waals surface area (Å²) in [4.78, 5) is 37.1. The Morgan fingerprint density at radius 1 is 1.28 bits per heavy atom. The molecule has 2 heterocycles. The zero-order valence-corrected chi connectivity index (χ0v) is 17.3. The van der Waals surface area contributed by atoms with Crippen molar-refractivity contribution in [1.82, 2.24) is 4.90 Å². The average Bonchev–Trinajstić information content (AvgIpc) is 3.25. The van der Waals surface area contributed by atoms with Crippen LogP contribution in [0.3, 0.4) is 0 Å². The third-order valence-electron chi connectivity index (χ3n) is 4.95. The van der Waals surface area contributed by atoms with Crippen LogP contribution in [0.4, 0.5) is 5.69 Å². The molecule has 32 heavy (non-hydrogen) atoms. The molecule has 1 N–H and O–H groups in total. The van der Waals surface area contributed by atoms with Gasteiger partial charge in [0.15, 0.2) is 0 Å². The second kappa shape index (κ2) is 9.28. The fraction of sp³-hybridized carbons (Fsp3) is 0.227. The number of nitro benzene ring substituents is 1. The number of aliphatic hydroxyl groups is 1. The third-order valence-corrected chi connectivity index (χ3v) is 4.95. The van der Waals surface area contributed by atoms with E-state index in [1.54, 1.807) is 6.07 Å². The van der Waals surface area contributed by atoms with E-state index in [9.17, 15) is 25.0 Å². The minimum atomic E-state index is -0.713. The van der Waals surface area contributed by atoms with E-state index in [1.165, 1.54) is 44.4 Å². The van der Waals surface area contributed by atoms with Crippen LogP contribution in [-0.4, -0.2) is 47.0 Å². The van der Waals surface area contributed by atoms with Gasteiger partial charge in [0.1, 0.15) is 28.9 Å². The van der Waals surface area contributed by atoms with Crippen LogP contribution in [0.2, 0.25) is 0 Å². The number of carbonyl (C=O) groups excluding carboxylic acids is 2. The first kappa shape index (κ1) is 22.5. The van der Waals surface area contributed by atoms with Gasteiger partial charge in [0.2, 0.25) is 0 Å². The van der Waals surface area contributed by atoms with E-state index >= 15 is 0 Å². The van der Waals surface area contributed by atoms with Crippen molar-refractivity contribution in [2.75, 3.05) is 20.3 Å². The van der Waals surface area contributed by atoms with Crippen molar-refractivity contribution in [3.8, 4) is 23.1 Å². The molecule has 0 unspecified atom stereocenters. The lowest BCUT2D eigenvalue weighted by molar-refractivity contribution is -0.384. The first-order valence-electron chi connectivity index (χ1n) is 9.55. The first-order chi connectivity index (χ1) is 15.3. The molecule has 10 nitrogen and oxygen atoms in total. The normalized spacial score (nSPS) is 15.3. The predicted octanol–water partition coefficient (Wildman–Crippen LogP) is 2.84. The summed E-state index contributed by atoms with van der Waals surface area (Å²) in [5.41, 5.74) is 0.127. The predicted molar refractivity (Wildman–Crippen MR) is 112 cm³/mol. The van der Waals surface area contributed by atoms with Crippen LogP contribution >= 0.6 is 0 Å². The van der Waals surface area contributed by atoms with Gasteiger partial charge in [-0.3, -0.25) is 24.6 Å². The fourth-order valence-electron chi connectivity index (χ4n) is 3.28. The third kappa shape index (κ3) is 4.14. The molecule has 2 aromatic rings. The summed E-state index contributed by atoms with van der Waals surface area (Å²) in [6, 6.07) is 9.20. The van der Waals surface area contributed by atoms with Gasteiger partial charge in [-0.2, -0.15) is 5.26 Å². The number of ether oxygens (including phenoxy) is 1. The molecule has 0 bridgehead atoms. The van der Waals surface area contributed by atoms with Gasteiger partial charge in [0, 0.05) is 18.7 Å². The Balaban J connectivity index is 2.04. The van der Waals surface area contributed by atoms with E-state index < -0.39 is 16.7 Å². The molecule has 3 rings (SSSR count). The van der Waals surface area contributed by atoms with Gasteiger partial charge in [-0.05, 0) is 49.3 Å². The zero-order chi connectivity index (χ0) is 23.4. The van der Waals surface area contributed by atoms with E-state index in [0.717, 1.165) is 4.90 Å². The van der Waals surface area contributed by atoms with Crippen molar-refractivity contribution >= 4 is 23.6 Å². The Kier molecular flexibility index (Phi) is 6.51. The van der Waals surface area contributed by atoms with Crippen LogP contribution in [0, 0.1) is 21.4 Å². The number of rotatable bonds is 7. The highest BCUT2D eigenvalue weighted by molar-refractivity contribution is 6.19. The Labute approximate surface area is 182 Å². The summed E-state index contributed by atoms with van der Waals surface area (Å²) < 4.78 is 10.8. The SMILES string of the molecule is COc1ccc(-c2ccc(/C=C3/C(=O)N(CCCO)C(=O)C(C#N)=C3C)o2)c([N+](=O)[O-])c1. The molecule has 1 aromatic heterocycles. The summed E-state index contributed by atoms with van der Waals surface area (Å²) in [5.74, 6) is -0.603. The van der Waals surface area contributed by atoms with Crippen molar-refractivity contribution < 1.29 is 28.8 Å². The second-order valence-electron chi connectivity index (χ2n) is 6.85. The molecule has 10 heteroatoms. The van der Waals surface area contributed by atoms with Gasteiger partial charge in [0.05, 0.1) is 23.7 Å². The summed E-state index contributed by atoms with van der Waals surface area (Å²) in [5, 5.41) is 29.9. The molecule has 164 valence electrons. The molecular formula is C22H19N3O7. The maximum atomic E-state index is 12.9. The number of carbonyl (C=O) groups is 2. The van der Waals surface area contributed by atoms with Crippen LogP contribution < -0.4 is 4.74 Å². The van der Waals surface area contributed by atoms with E-state index in [2.05, 4.69) is 0 Å². The van der Waals surface area contributed by atoms with E-state index in [1.807, 2.05) is 6.07 Å². The highest BCUT2D eigenvalue weighted by atomic mass is 16.6. The minimum Gasteiger partial charge on any atom is -0.497 e. The average molecular weight is 437 g/mol.